The first kappa shape index (κ1) is 17.4. The zero-order valence-electron chi connectivity index (χ0n) is 13.7. The molecular weight excluding hydrogens is 341 g/mol. The molecule has 0 atom stereocenters. The highest BCUT2D eigenvalue weighted by Crippen LogP contribution is 2.33. The van der Waals surface area contributed by atoms with Crippen molar-refractivity contribution in [1.29, 1.82) is 0 Å². The molecule has 0 fully saturated rings. The Kier molecular flexibility index (Phi) is 4.59. The van der Waals surface area contributed by atoms with E-state index in [4.69, 9.17) is 5.73 Å². The predicted octanol–water partition coefficient (Wildman–Crippen LogP) is 3.85. The molecule has 0 aliphatic carbocycles. The maximum atomic E-state index is 13.0. The van der Waals surface area contributed by atoms with Crippen molar-refractivity contribution in [2.24, 2.45) is 0 Å². The van der Waals surface area contributed by atoms with Crippen molar-refractivity contribution in [2.45, 2.75) is 13.1 Å². The van der Waals surface area contributed by atoms with Gasteiger partial charge in [-0.05, 0) is 37.1 Å². The van der Waals surface area contributed by atoms with E-state index in [2.05, 4.69) is 26.8 Å². The van der Waals surface area contributed by atoms with Gasteiger partial charge in [-0.25, -0.2) is 15.0 Å². The summed E-state index contributed by atoms with van der Waals surface area (Å²) in [5.41, 5.74) is 6.86. The second kappa shape index (κ2) is 6.84. The van der Waals surface area contributed by atoms with E-state index < -0.39 is 11.7 Å². The largest absolute Gasteiger partial charge is 0.416 e. The van der Waals surface area contributed by atoms with Gasteiger partial charge in [0.15, 0.2) is 0 Å². The molecule has 2 N–H and O–H groups in total. The number of benzene rings is 1. The summed E-state index contributed by atoms with van der Waals surface area (Å²) in [6, 6.07) is 10.1. The van der Waals surface area contributed by atoms with Gasteiger partial charge in [-0.3, -0.25) is 0 Å². The van der Waals surface area contributed by atoms with Gasteiger partial charge in [-0.2, -0.15) is 13.2 Å². The molecule has 0 aliphatic heterocycles. The van der Waals surface area contributed by atoms with Gasteiger partial charge in [-0.1, -0.05) is 24.1 Å². The van der Waals surface area contributed by atoms with Crippen molar-refractivity contribution in [3.63, 3.8) is 0 Å². The van der Waals surface area contributed by atoms with Crippen molar-refractivity contribution < 1.29 is 13.2 Å². The van der Waals surface area contributed by atoms with Crippen LogP contribution in [0.1, 0.15) is 22.5 Å². The van der Waals surface area contributed by atoms with Crippen molar-refractivity contribution in [1.82, 2.24) is 15.0 Å². The number of anilines is 1. The van der Waals surface area contributed by atoms with Crippen LogP contribution in [-0.4, -0.2) is 15.0 Å². The number of nitrogens with two attached hydrogens (primary N) is 1. The third-order valence-electron chi connectivity index (χ3n) is 3.55. The Bertz CT molecular complexity index is 1000. The van der Waals surface area contributed by atoms with Gasteiger partial charge in [0.25, 0.3) is 0 Å². The van der Waals surface area contributed by atoms with Gasteiger partial charge in [-0.15, -0.1) is 0 Å². The van der Waals surface area contributed by atoms with Crippen molar-refractivity contribution >= 4 is 5.95 Å². The van der Waals surface area contributed by atoms with Crippen LogP contribution in [-0.2, 0) is 6.18 Å². The second-order valence-electron chi connectivity index (χ2n) is 5.43. The normalized spacial score (nSPS) is 10.9. The highest BCUT2D eigenvalue weighted by atomic mass is 19.4. The number of hydrogen-bond acceptors (Lipinski definition) is 4. The van der Waals surface area contributed by atoms with E-state index in [1.54, 1.807) is 31.3 Å². The summed E-state index contributed by atoms with van der Waals surface area (Å²) >= 11 is 0. The van der Waals surface area contributed by atoms with Crippen molar-refractivity contribution in [3.8, 4) is 23.1 Å². The fraction of sp³-hybridized carbons (Fsp3) is 0.105. The lowest BCUT2D eigenvalue weighted by molar-refractivity contribution is -0.137. The molecule has 3 aromatic rings. The summed E-state index contributed by atoms with van der Waals surface area (Å²) in [6.07, 6.45) is -2.85. The van der Waals surface area contributed by atoms with Crippen molar-refractivity contribution in [2.75, 3.05) is 5.73 Å². The van der Waals surface area contributed by atoms with Crippen LogP contribution in [0.2, 0.25) is 0 Å². The smallest absolute Gasteiger partial charge is 0.368 e. The SMILES string of the molecule is Cc1nc(N)nc(-c2cccc(C(F)(F)F)c2)c1C#Cc1ccccn1. The minimum Gasteiger partial charge on any atom is -0.368 e. The average molecular weight is 354 g/mol. The summed E-state index contributed by atoms with van der Waals surface area (Å²) in [5.74, 6) is 5.75. The third-order valence-corrected chi connectivity index (χ3v) is 3.55. The first-order chi connectivity index (χ1) is 12.3. The first-order valence-corrected chi connectivity index (χ1v) is 7.59. The number of hydrogen-bond donors (Lipinski definition) is 1. The molecular formula is C19H13F3N4. The molecule has 0 saturated carbocycles. The van der Waals surface area contributed by atoms with Gasteiger partial charge in [0.2, 0.25) is 5.95 Å². The number of nitrogens with zero attached hydrogens (tertiary/aromatic N) is 3. The zero-order chi connectivity index (χ0) is 18.7. The van der Waals surface area contributed by atoms with Gasteiger partial charge in [0, 0.05) is 11.8 Å². The third kappa shape index (κ3) is 3.81. The standard InChI is InChI=1S/C19H13F3N4/c1-12-16(9-8-15-7-2-3-10-24-15)17(26-18(23)25-12)13-5-4-6-14(11-13)19(20,21)22/h2-7,10-11H,1H3,(H2,23,25,26). The molecule has 0 amide bonds. The molecule has 0 saturated heterocycles. The molecule has 0 spiro atoms. The fourth-order valence-electron chi connectivity index (χ4n) is 2.36. The average Bonchev–Trinajstić information content (AvgIpc) is 2.60. The molecule has 0 bridgehead atoms. The number of alkyl halides is 3. The number of aromatic nitrogens is 3. The molecule has 26 heavy (non-hydrogen) atoms. The molecule has 0 radical (unpaired) electrons. The van der Waals surface area contributed by atoms with Gasteiger partial charge in [0.05, 0.1) is 22.5 Å². The maximum Gasteiger partial charge on any atom is 0.416 e. The van der Waals surface area contributed by atoms with Crippen LogP contribution in [0.25, 0.3) is 11.3 Å². The number of nitrogen functional groups attached to an aromatic ring is 1. The predicted molar refractivity (Wildman–Crippen MR) is 91.8 cm³/mol. The minimum absolute atomic E-state index is 0.0294. The lowest BCUT2D eigenvalue weighted by Gasteiger charge is -2.11. The van der Waals surface area contributed by atoms with E-state index in [0.29, 0.717) is 17.0 Å². The quantitative estimate of drug-likeness (QED) is 0.674. The Morgan fingerprint density at radius 2 is 1.81 bits per heavy atom. The van der Waals surface area contributed by atoms with E-state index in [-0.39, 0.29) is 17.2 Å². The highest BCUT2D eigenvalue weighted by Gasteiger charge is 2.30. The minimum atomic E-state index is -4.45. The lowest BCUT2D eigenvalue weighted by Crippen LogP contribution is -2.06. The molecule has 2 heterocycles. The molecule has 2 aromatic heterocycles. The van der Waals surface area contributed by atoms with Gasteiger partial charge < -0.3 is 5.73 Å². The number of halogens is 3. The van der Waals surface area contributed by atoms with Crippen LogP contribution in [0.5, 0.6) is 0 Å². The number of pyridine rings is 1. The van der Waals surface area contributed by atoms with Crippen LogP contribution in [0.4, 0.5) is 19.1 Å². The summed E-state index contributed by atoms with van der Waals surface area (Å²) in [4.78, 5) is 12.3. The van der Waals surface area contributed by atoms with Crippen LogP contribution in [0.3, 0.4) is 0 Å². The van der Waals surface area contributed by atoms with E-state index >= 15 is 0 Å². The molecule has 0 unspecified atom stereocenters. The second-order valence-corrected chi connectivity index (χ2v) is 5.43. The first-order valence-electron chi connectivity index (χ1n) is 7.59. The Labute approximate surface area is 148 Å². The monoisotopic (exact) mass is 354 g/mol. The Hall–Kier alpha value is -3.40. The number of aryl methyl sites for hydroxylation is 1. The Balaban J connectivity index is 2.15. The summed E-state index contributed by atoms with van der Waals surface area (Å²) in [5, 5.41) is 0. The number of rotatable bonds is 1. The van der Waals surface area contributed by atoms with E-state index in [1.807, 2.05) is 0 Å². The van der Waals surface area contributed by atoms with E-state index in [0.717, 1.165) is 12.1 Å². The van der Waals surface area contributed by atoms with Gasteiger partial charge in [0.1, 0.15) is 5.69 Å². The van der Waals surface area contributed by atoms with E-state index in [1.165, 1.54) is 12.1 Å². The molecule has 0 aliphatic rings. The van der Waals surface area contributed by atoms with Crippen LogP contribution < -0.4 is 5.73 Å². The summed E-state index contributed by atoms with van der Waals surface area (Å²) < 4.78 is 39.1. The van der Waals surface area contributed by atoms with Gasteiger partial charge >= 0.3 is 6.18 Å². The summed E-state index contributed by atoms with van der Waals surface area (Å²) in [7, 11) is 0. The summed E-state index contributed by atoms with van der Waals surface area (Å²) in [6.45, 7) is 1.68. The Morgan fingerprint density at radius 3 is 2.50 bits per heavy atom. The van der Waals surface area contributed by atoms with Crippen molar-refractivity contribution in [3.05, 3.63) is 71.2 Å². The fourth-order valence-corrected chi connectivity index (χ4v) is 2.36. The van der Waals surface area contributed by atoms with Crippen LogP contribution in [0, 0.1) is 18.8 Å². The maximum absolute atomic E-state index is 13.0. The van der Waals surface area contributed by atoms with Crippen LogP contribution in [0.15, 0.2) is 48.7 Å². The van der Waals surface area contributed by atoms with Crippen LogP contribution >= 0.6 is 0 Å². The van der Waals surface area contributed by atoms with E-state index in [9.17, 15) is 13.2 Å². The Morgan fingerprint density at radius 1 is 1.00 bits per heavy atom. The highest BCUT2D eigenvalue weighted by molar-refractivity contribution is 5.70. The lowest BCUT2D eigenvalue weighted by atomic mass is 10.0. The zero-order valence-corrected chi connectivity index (χ0v) is 13.7. The molecule has 7 heteroatoms. The molecule has 3 rings (SSSR count). The molecule has 4 nitrogen and oxygen atoms in total. The molecule has 1 aromatic carbocycles. The molecule has 130 valence electrons. The topological polar surface area (TPSA) is 64.7 Å².